The van der Waals surface area contributed by atoms with Crippen LogP contribution in [-0.2, 0) is 6.61 Å². The van der Waals surface area contributed by atoms with Crippen molar-refractivity contribution in [1.29, 1.82) is 0 Å². The number of hydrogen-bond donors (Lipinski definition) is 1. The molecule has 0 saturated heterocycles. The van der Waals surface area contributed by atoms with E-state index in [0.29, 0.717) is 17.5 Å². The molecule has 3 rings (SSSR count). The van der Waals surface area contributed by atoms with Crippen LogP contribution in [0.4, 0.5) is 0 Å². The van der Waals surface area contributed by atoms with Crippen LogP contribution in [0.5, 0.6) is 11.5 Å². The quantitative estimate of drug-likeness (QED) is 0.792. The number of nitrogens with zero attached hydrogens (tertiary/aromatic N) is 2. The third kappa shape index (κ3) is 2.97. The lowest BCUT2D eigenvalue weighted by molar-refractivity contribution is 0.242. The van der Waals surface area contributed by atoms with E-state index in [2.05, 4.69) is 10.1 Å². The van der Waals surface area contributed by atoms with E-state index in [9.17, 15) is 5.11 Å². The maximum atomic E-state index is 9.51. The molecule has 1 heterocycles. The minimum Gasteiger partial charge on any atom is -0.508 e. The van der Waals surface area contributed by atoms with Crippen molar-refractivity contribution >= 4 is 10.8 Å². The van der Waals surface area contributed by atoms with Gasteiger partial charge in [-0.3, -0.25) is 0 Å². The van der Waals surface area contributed by atoms with Crippen LogP contribution >= 0.6 is 0 Å². The van der Waals surface area contributed by atoms with E-state index in [-0.39, 0.29) is 18.3 Å². The van der Waals surface area contributed by atoms with Gasteiger partial charge in [0.15, 0.2) is 12.4 Å². The molecule has 5 heteroatoms. The van der Waals surface area contributed by atoms with Gasteiger partial charge < -0.3 is 14.4 Å². The number of ether oxygens (including phenoxy) is 1. The topological polar surface area (TPSA) is 68.4 Å². The van der Waals surface area contributed by atoms with Crippen LogP contribution in [0.25, 0.3) is 10.8 Å². The summed E-state index contributed by atoms with van der Waals surface area (Å²) in [5.74, 6) is 2.29. The second-order valence-corrected chi connectivity index (χ2v) is 5.18. The molecule has 3 aromatic rings. The number of aromatic nitrogens is 2. The maximum absolute atomic E-state index is 9.51. The first kappa shape index (κ1) is 13.4. The normalized spacial score (nSPS) is 11.2. The first-order valence-electron chi connectivity index (χ1n) is 6.80. The van der Waals surface area contributed by atoms with Gasteiger partial charge in [-0.1, -0.05) is 31.1 Å². The van der Waals surface area contributed by atoms with Crippen molar-refractivity contribution in [3.8, 4) is 11.5 Å². The van der Waals surface area contributed by atoms with Gasteiger partial charge in [-0.2, -0.15) is 4.98 Å². The fraction of sp³-hybridized carbons (Fsp3) is 0.250. The molecule has 0 amide bonds. The number of phenols is 1. The Morgan fingerprint density at radius 1 is 1.14 bits per heavy atom. The number of rotatable bonds is 4. The van der Waals surface area contributed by atoms with Gasteiger partial charge in [-0.15, -0.1) is 0 Å². The van der Waals surface area contributed by atoms with Crippen LogP contribution in [0.15, 0.2) is 40.9 Å². The molecule has 1 N–H and O–H groups in total. The summed E-state index contributed by atoms with van der Waals surface area (Å²) in [6.07, 6.45) is 0. The lowest BCUT2D eigenvalue weighted by Gasteiger charge is -2.05. The number of hydrogen-bond acceptors (Lipinski definition) is 5. The van der Waals surface area contributed by atoms with E-state index >= 15 is 0 Å². The number of benzene rings is 2. The van der Waals surface area contributed by atoms with Crippen molar-refractivity contribution in [2.45, 2.75) is 26.4 Å². The van der Waals surface area contributed by atoms with E-state index in [1.807, 2.05) is 38.1 Å². The number of phenolic OH excluding ortho intramolecular Hbond substituents is 1. The summed E-state index contributed by atoms with van der Waals surface area (Å²) >= 11 is 0. The highest BCUT2D eigenvalue weighted by molar-refractivity contribution is 5.85. The molecule has 0 fully saturated rings. The van der Waals surface area contributed by atoms with Crippen LogP contribution in [0.3, 0.4) is 0 Å². The molecule has 21 heavy (non-hydrogen) atoms. The molecule has 0 aliphatic heterocycles. The predicted octanol–water partition coefficient (Wildman–Crippen LogP) is 3.63. The zero-order valence-electron chi connectivity index (χ0n) is 11.9. The smallest absolute Gasteiger partial charge is 0.264 e. The second-order valence-electron chi connectivity index (χ2n) is 5.18. The molecule has 2 aromatic carbocycles. The highest BCUT2D eigenvalue weighted by Crippen LogP contribution is 2.24. The van der Waals surface area contributed by atoms with Gasteiger partial charge in [0.2, 0.25) is 0 Å². The molecular weight excluding hydrogens is 268 g/mol. The minimum absolute atomic E-state index is 0.226. The summed E-state index contributed by atoms with van der Waals surface area (Å²) < 4.78 is 10.8. The van der Waals surface area contributed by atoms with Crippen molar-refractivity contribution in [1.82, 2.24) is 10.1 Å². The molecule has 0 aliphatic rings. The Labute approximate surface area is 122 Å². The Kier molecular flexibility index (Phi) is 3.48. The predicted molar refractivity (Wildman–Crippen MR) is 78.3 cm³/mol. The summed E-state index contributed by atoms with van der Waals surface area (Å²) in [5, 5.41) is 15.4. The van der Waals surface area contributed by atoms with Crippen LogP contribution in [0, 0.1) is 0 Å². The molecule has 1 aromatic heterocycles. The maximum Gasteiger partial charge on any atom is 0.264 e. The lowest BCUT2D eigenvalue weighted by Crippen LogP contribution is -1.96. The van der Waals surface area contributed by atoms with Gasteiger partial charge in [0.1, 0.15) is 11.5 Å². The SMILES string of the molecule is CC(C)c1noc(COc2ccc3ccc(O)cc3c2)n1. The Morgan fingerprint density at radius 3 is 2.71 bits per heavy atom. The van der Waals surface area contributed by atoms with Crippen molar-refractivity contribution < 1.29 is 14.4 Å². The number of aromatic hydroxyl groups is 1. The van der Waals surface area contributed by atoms with E-state index < -0.39 is 0 Å². The lowest BCUT2D eigenvalue weighted by atomic mass is 10.1. The summed E-state index contributed by atoms with van der Waals surface area (Å²) in [6, 6.07) is 10.9. The highest BCUT2D eigenvalue weighted by atomic mass is 16.5. The Balaban J connectivity index is 1.75. The average molecular weight is 284 g/mol. The van der Waals surface area contributed by atoms with Crippen LogP contribution in [0.2, 0.25) is 0 Å². The van der Waals surface area contributed by atoms with Gasteiger partial charge in [0.25, 0.3) is 5.89 Å². The zero-order chi connectivity index (χ0) is 14.8. The van der Waals surface area contributed by atoms with E-state index in [1.54, 1.807) is 12.1 Å². The Morgan fingerprint density at radius 2 is 1.95 bits per heavy atom. The average Bonchev–Trinajstić information content (AvgIpc) is 2.93. The van der Waals surface area contributed by atoms with E-state index in [1.165, 1.54) is 0 Å². The Bertz CT molecular complexity index is 765. The summed E-state index contributed by atoms with van der Waals surface area (Å²) in [4.78, 5) is 4.26. The third-order valence-electron chi connectivity index (χ3n) is 3.16. The van der Waals surface area contributed by atoms with Crippen LogP contribution in [-0.4, -0.2) is 15.2 Å². The standard InChI is InChI=1S/C16H16N2O3/c1-10(2)16-17-15(21-18-16)9-20-14-6-4-11-3-5-13(19)7-12(11)8-14/h3-8,10,19H,9H2,1-2H3. The molecule has 108 valence electrons. The van der Waals surface area contributed by atoms with Gasteiger partial charge in [0.05, 0.1) is 0 Å². The first-order chi connectivity index (χ1) is 10.1. The second kappa shape index (κ2) is 5.44. The monoisotopic (exact) mass is 284 g/mol. The van der Waals surface area contributed by atoms with Crippen LogP contribution in [0.1, 0.15) is 31.5 Å². The Hall–Kier alpha value is -2.56. The molecule has 0 unspecified atom stereocenters. The highest BCUT2D eigenvalue weighted by Gasteiger charge is 2.10. The minimum atomic E-state index is 0.226. The molecule has 0 radical (unpaired) electrons. The van der Waals surface area contributed by atoms with Crippen molar-refractivity contribution in [3.63, 3.8) is 0 Å². The van der Waals surface area contributed by atoms with E-state index in [0.717, 1.165) is 10.8 Å². The first-order valence-corrected chi connectivity index (χ1v) is 6.80. The number of fused-ring (bicyclic) bond motifs is 1. The summed E-state index contributed by atoms with van der Waals surface area (Å²) in [5.41, 5.74) is 0. The van der Waals surface area contributed by atoms with E-state index in [4.69, 9.17) is 9.26 Å². The summed E-state index contributed by atoms with van der Waals surface area (Å²) in [7, 11) is 0. The van der Waals surface area contributed by atoms with Crippen molar-refractivity contribution in [2.75, 3.05) is 0 Å². The molecule has 0 spiro atoms. The molecule has 5 nitrogen and oxygen atoms in total. The fourth-order valence-electron chi connectivity index (χ4n) is 2.01. The van der Waals surface area contributed by atoms with Gasteiger partial charge in [0, 0.05) is 5.92 Å². The zero-order valence-corrected chi connectivity index (χ0v) is 11.9. The molecule has 0 atom stereocenters. The molecule has 0 saturated carbocycles. The van der Waals surface area contributed by atoms with Crippen molar-refractivity contribution in [2.24, 2.45) is 0 Å². The van der Waals surface area contributed by atoms with Crippen molar-refractivity contribution in [3.05, 3.63) is 48.1 Å². The fourth-order valence-corrected chi connectivity index (χ4v) is 2.01. The van der Waals surface area contributed by atoms with Gasteiger partial charge in [-0.05, 0) is 35.0 Å². The largest absolute Gasteiger partial charge is 0.508 e. The van der Waals surface area contributed by atoms with Gasteiger partial charge >= 0.3 is 0 Å². The molecule has 0 aliphatic carbocycles. The van der Waals surface area contributed by atoms with Gasteiger partial charge in [-0.25, -0.2) is 0 Å². The molecular formula is C16H16N2O3. The van der Waals surface area contributed by atoms with Crippen LogP contribution < -0.4 is 4.74 Å². The summed E-state index contributed by atoms with van der Waals surface area (Å²) in [6.45, 7) is 4.24. The molecule has 0 bridgehead atoms. The third-order valence-corrected chi connectivity index (χ3v) is 3.16.